The number of carbonyl (C=O) groups is 1. The molecule has 0 saturated carbocycles. The van der Waals surface area contributed by atoms with Crippen LogP contribution in [0.25, 0.3) is 10.8 Å². The molecule has 1 unspecified atom stereocenters. The van der Waals surface area contributed by atoms with Gasteiger partial charge in [-0.25, -0.2) is 0 Å². The number of amides is 1. The van der Waals surface area contributed by atoms with Crippen molar-refractivity contribution >= 4 is 28.0 Å². The molecule has 3 aromatic rings. The van der Waals surface area contributed by atoms with E-state index in [1.807, 2.05) is 35.4 Å². The SMILES string of the molecule is COc1ccc2cc(CN(C)C(=O)CN3CCc4sccc4C3C)ccc2c1. The van der Waals surface area contributed by atoms with Crippen molar-refractivity contribution in [3.63, 3.8) is 0 Å². The third-order valence-electron chi connectivity index (χ3n) is 5.70. The van der Waals surface area contributed by atoms with Gasteiger partial charge in [-0.15, -0.1) is 11.3 Å². The minimum atomic E-state index is 0.167. The summed E-state index contributed by atoms with van der Waals surface area (Å²) in [7, 11) is 3.57. The number of hydrogen-bond acceptors (Lipinski definition) is 4. The van der Waals surface area contributed by atoms with E-state index in [0.29, 0.717) is 19.1 Å². The molecule has 1 aliphatic heterocycles. The molecule has 0 N–H and O–H groups in total. The summed E-state index contributed by atoms with van der Waals surface area (Å²) in [6, 6.07) is 14.9. The van der Waals surface area contributed by atoms with E-state index in [-0.39, 0.29) is 5.91 Å². The van der Waals surface area contributed by atoms with Crippen molar-refractivity contribution in [2.75, 3.05) is 27.2 Å². The molecule has 1 amide bonds. The predicted molar refractivity (Wildman–Crippen MR) is 115 cm³/mol. The first-order valence-corrected chi connectivity index (χ1v) is 10.5. The summed E-state index contributed by atoms with van der Waals surface area (Å²) in [5.74, 6) is 1.03. The lowest BCUT2D eigenvalue weighted by atomic mass is 10.0. The van der Waals surface area contributed by atoms with Gasteiger partial charge in [0.25, 0.3) is 0 Å². The zero-order chi connectivity index (χ0) is 19.7. The van der Waals surface area contributed by atoms with Gasteiger partial charge in [0.05, 0.1) is 13.7 Å². The Bertz CT molecular complexity index is 997. The summed E-state index contributed by atoms with van der Waals surface area (Å²) in [5.41, 5.74) is 2.52. The van der Waals surface area contributed by atoms with Gasteiger partial charge in [0.2, 0.25) is 5.91 Å². The van der Waals surface area contributed by atoms with Gasteiger partial charge in [0.15, 0.2) is 0 Å². The van der Waals surface area contributed by atoms with E-state index < -0.39 is 0 Å². The molecule has 1 aromatic heterocycles. The van der Waals surface area contributed by atoms with E-state index in [0.717, 1.165) is 35.1 Å². The fraction of sp³-hybridized carbons (Fsp3) is 0.348. The number of likely N-dealkylation sites (N-methyl/N-ethyl adjacent to an activating group) is 1. The second-order valence-electron chi connectivity index (χ2n) is 7.49. The highest BCUT2D eigenvalue weighted by Gasteiger charge is 2.27. The second kappa shape index (κ2) is 7.94. The van der Waals surface area contributed by atoms with Crippen molar-refractivity contribution in [1.29, 1.82) is 0 Å². The number of benzene rings is 2. The first kappa shape index (κ1) is 19.0. The Balaban J connectivity index is 1.41. The van der Waals surface area contributed by atoms with Crippen LogP contribution >= 0.6 is 11.3 Å². The lowest BCUT2D eigenvalue weighted by Crippen LogP contribution is -2.41. The number of methoxy groups -OCH3 is 1. The highest BCUT2D eigenvalue weighted by Crippen LogP contribution is 2.32. The number of nitrogens with zero attached hydrogens (tertiary/aromatic N) is 2. The Morgan fingerprint density at radius 3 is 2.82 bits per heavy atom. The third kappa shape index (κ3) is 3.77. The Hall–Kier alpha value is -2.37. The van der Waals surface area contributed by atoms with Gasteiger partial charge in [0, 0.05) is 31.1 Å². The van der Waals surface area contributed by atoms with Gasteiger partial charge in [-0.3, -0.25) is 9.69 Å². The van der Waals surface area contributed by atoms with Crippen molar-refractivity contribution in [2.45, 2.75) is 25.9 Å². The van der Waals surface area contributed by atoms with Gasteiger partial charge in [0.1, 0.15) is 5.75 Å². The Kier molecular flexibility index (Phi) is 5.38. The molecular formula is C23H26N2O2S. The van der Waals surface area contributed by atoms with Crippen molar-refractivity contribution in [3.8, 4) is 5.75 Å². The van der Waals surface area contributed by atoms with Crippen LogP contribution < -0.4 is 4.74 Å². The third-order valence-corrected chi connectivity index (χ3v) is 6.70. The van der Waals surface area contributed by atoms with Crippen LogP contribution in [0, 0.1) is 0 Å². The van der Waals surface area contributed by atoms with Crippen LogP contribution in [0.5, 0.6) is 5.75 Å². The van der Waals surface area contributed by atoms with Crippen LogP contribution in [-0.2, 0) is 17.8 Å². The van der Waals surface area contributed by atoms with Crippen molar-refractivity contribution < 1.29 is 9.53 Å². The first-order valence-electron chi connectivity index (χ1n) is 9.66. The quantitative estimate of drug-likeness (QED) is 0.639. The summed E-state index contributed by atoms with van der Waals surface area (Å²) in [4.78, 5) is 18.4. The zero-order valence-corrected chi connectivity index (χ0v) is 17.5. The summed E-state index contributed by atoms with van der Waals surface area (Å²) < 4.78 is 5.29. The average molecular weight is 395 g/mol. The molecule has 4 rings (SSSR count). The van der Waals surface area contributed by atoms with Crippen molar-refractivity contribution in [1.82, 2.24) is 9.80 Å². The molecule has 0 bridgehead atoms. The van der Waals surface area contributed by atoms with Gasteiger partial charge >= 0.3 is 0 Å². The van der Waals surface area contributed by atoms with E-state index >= 15 is 0 Å². The zero-order valence-electron chi connectivity index (χ0n) is 16.6. The minimum Gasteiger partial charge on any atom is -0.497 e. The molecule has 4 nitrogen and oxygen atoms in total. The summed E-state index contributed by atoms with van der Waals surface area (Å²) in [6.07, 6.45) is 1.04. The van der Waals surface area contributed by atoms with Gasteiger partial charge in [-0.05, 0) is 64.9 Å². The van der Waals surface area contributed by atoms with Crippen LogP contribution in [0.15, 0.2) is 47.8 Å². The van der Waals surface area contributed by atoms with Crippen molar-refractivity contribution in [2.24, 2.45) is 0 Å². The van der Waals surface area contributed by atoms with E-state index in [2.05, 4.69) is 47.5 Å². The van der Waals surface area contributed by atoms with Crippen LogP contribution in [0.4, 0.5) is 0 Å². The fourth-order valence-corrected chi connectivity index (χ4v) is 4.90. The van der Waals surface area contributed by atoms with Crippen molar-refractivity contribution in [3.05, 3.63) is 63.8 Å². The van der Waals surface area contributed by atoms with Gasteiger partial charge in [-0.1, -0.05) is 18.2 Å². The normalized spacial score (nSPS) is 16.8. The maximum absolute atomic E-state index is 12.8. The number of carbonyl (C=O) groups excluding carboxylic acids is 1. The average Bonchev–Trinajstić information content (AvgIpc) is 3.19. The molecule has 5 heteroatoms. The molecule has 1 aliphatic rings. The lowest BCUT2D eigenvalue weighted by molar-refractivity contribution is -0.132. The Morgan fingerprint density at radius 2 is 2.00 bits per heavy atom. The first-order chi connectivity index (χ1) is 13.5. The Labute approximate surface area is 170 Å². The monoisotopic (exact) mass is 394 g/mol. The molecule has 2 aromatic carbocycles. The highest BCUT2D eigenvalue weighted by molar-refractivity contribution is 7.10. The molecule has 0 aliphatic carbocycles. The molecule has 0 radical (unpaired) electrons. The lowest BCUT2D eigenvalue weighted by Gasteiger charge is -2.34. The molecule has 28 heavy (non-hydrogen) atoms. The number of ether oxygens (including phenoxy) is 1. The molecule has 0 fully saturated rings. The molecular weight excluding hydrogens is 368 g/mol. The number of rotatable bonds is 5. The molecule has 1 atom stereocenters. The van der Waals surface area contributed by atoms with Crippen LogP contribution in [-0.4, -0.2) is 43.0 Å². The summed E-state index contributed by atoms with van der Waals surface area (Å²) >= 11 is 1.83. The van der Waals surface area contributed by atoms with Gasteiger partial charge in [-0.2, -0.15) is 0 Å². The topological polar surface area (TPSA) is 32.8 Å². The van der Waals surface area contributed by atoms with Crippen LogP contribution in [0.2, 0.25) is 0 Å². The highest BCUT2D eigenvalue weighted by atomic mass is 32.1. The van der Waals surface area contributed by atoms with Gasteiger partial charge < -0.3 is 9.64 Å². The standard InChI is InChI=1S/C23H26N2O2S/c1-16-21-9-11-28-22(21)8-10-25(16)15-23(26)24(2)14-17-4-5-19-13-20(27-3)7-6-18(19)12-17/h4-7,9,11-13,16H,8,10,14-15H2,1-3H3. The van der Waals surface area contributed by atoms with E-state index in [1.165, 1.54) is 10.4 Å². The fourth-order valence-electron chi connectivity index (χ4n) is 3.93. The van der Waals surface area contributed by atoms with Crippen LogP contribution in [0.3, 0.4) is 0 Å². The largest absolute Gasteiger partial charge is 0.497 e. The maximum atomic E-state index is 12.8. The van der Waals surface area contributed by atoms with E-state index in [1.54, 1.807) is 7.11 Å². The molecule has 146 valence electrons. The number of fused-ring (bicyclic) bond motifs is 2. The Morgan fingerprint density at radius 1 is 1.21 bits per heavy atom. The van der Waals surface area contributed by atoms with Crippen LogP contribution in [0.1, 0.15) is 29.0 Å². The van der Waals surface area contributed by atoms with E-state index in [9.17, 15) is 4.79 Å². The predicted octanol–water partition coefficient (Wildman–Crippen LogP) is 4.49. The smallest absolute Gasteiger partial charge is 0.236 e. The minimum absolute atomic E-state index is 0.167. The van der Waals surface area contributed by atoms with E-state index in [4.69, 9.17) is 4.74 Å². The summed E-state index contributed by atoms with van der Waals surface area (Å²) in [6.45, 7) is 4.24. The molecule has 0 spiro atoms. The number of thiophene rings is 1. The summed E-state index contributed by atoms with van der Waals surface area (Å²) in [5, 5.41) is 4.47. The second-order valence-corrected chi connectivity index (χ2v) is 8.49. The molecule has 0 saturated heterocycles. The molecule has 2 heterocycles. The number of hydrogen-bond donors (Lipinski definition) is 0. The maximum Gasteiger partial charge on any atom is 0.236 e.